The summed E-state index contributed by atoms with van der Waals surface area (Å²) >= 11 is 1.61. The fraction of sp³-hybridized carbons (Fsp3) is 0.167. The predicted octanol–water partition coefficient (Wildman–Crippen LogP) is 6.37. The summed E-state index contributed by atoms with van der Waals surface area (Å²) in [4.78, 5) is 14.3. The Hall–Kier alpha value is -3.18. The normalized spacial score (nSPS) is 11.9. The van der Waals surface area contributed by atoms with Crippen molar-refractivity contribution in [2.75, 3.05) is 5.32 Å². The molecular weight excluding hydrogens is 378 g/mol. The Morgan fingerprint density at radius 2 is 1.83 bits per heavy atom. The predicted molar refractivity (Wildman–Crippen MR) is 120 cm³/mol. The summed E-state index contributed by atoms with van der Waals surface area (Å²) < 4.78 is 1.72. The van der Waals surface area contributed by atoms with E-state index in [1.54, 1.807) is 16.0 Å². The maximum absolute atomic E-state index is 13.3. The van der Waals surface area contributed by atoms with Crippen LogP contribution >= 0.6 is 11.3 Å². The van der Waals surface area contributed by atoms with E-state index < -0.39 is 0 Å². The molecule has 0 spiro atoms. The quantitative estimate of drug-likeness (QED) is 0.408. The molecule has 2 heterocycles. The first-order chi connectivity index (χ1) is 14.2. The molecule has 1 atom stereocenters. The molecule has 146 valence electrons. The lowest BCUT2D eigenvalue weighted by Crippen LogP contribution is -2.18. The van der Waals surface area contributed by atoms with Gasteiger partial charge in [-0.2, -0.15) is 5.10 Å². The highest BCUT2D eigenvalue weighted by atomic mass is 32.1. The number of hydrogen-bond acceptors (Lipinski definition) is 3. The number of nitrogens with zero attached hydrogens (tertiary/aromatic N) is 2. The zero-order valence-electron chi connectivity index (χ0n) is 16.5. The molecule has 2 aromatic heterocycles. The van der Waals surface area contributed by atoms with Crippen molar-refractivity contribution in [1.82, 2.24) is 9.78 Å². The van der Waals surface area contributed by atoms with Crippen LogP contribution in [0.4, 0.5) is 5.69 Å². The number of carbonyl (C=O) groups excluding carboxylic acids is 1. The van der Waals surface area contributed by atoms with E-state index in [0.717, 1.165) is 33.9 Å². The molecule has 4 aromatic rings. The first-order valence-corrected chi connectivity index (χ1v) is 10.6. The number of aromatic nitrogens is 2. The highest BCUT2D eigenvalue weighted by Crippen LogP contribution is 2.29. The lowest BCUT2D eigenvalue weighted by atomic mass is 9.97. The van der Waals surface area contributed by atoms with Gasteiger partial charge in [0.25, 0.3) is 5.91 Å². The minimum absolute atomic E-state index is 0.167. The third-order valence-corrected chi connectivity index (χ3v) is 5.96. The smallest absolute Gasteiger partial charge is 0.274 e. The summed E-state index contributed by atoms with van der Waals surface area (Å²) in [7, 11) is 0. The van der Waals surface area contributed by atoms with Crippen LogP contribution < -0.4 is 5.32 Å². The van der Waals surface area contributed by atoms with Crippen molar-refractivity contribution >= 4 is 22.9 Å². The summed E-state index contributed by atoms with van der Waals surface area (Å²) in [5, 5.41) is 9.85. The van der Waals surface area contributed by atoms with E-state index >= 15 is 0 Å². The van der Waals surface area contributed by atoms with E-state index in [2.05, 4.69) is 25.2 Å². The fourth-order valence-electron chi connectivity index (χ4n) is 3.30. The van der Waals surface area contributed by atoms with Gasteiger partial charge in [-0.15, -0.1) is 11.3 Å². The molecule has 0 aliphatic carbocycles. The Morgan fingerprint density at radius 1 is 1.07 bits per heavy atom. The van der Waals surface area contributed by atoms with Gasteiger partial charge in [0.15, 0.2) is 0 Å². The van der Waals surface area contributed by atoms with Gasteiger partial charge in [0, 0.05) is 5.69 Å². The second kappa shape index (κ2) is 8.45. The number of rotatable bonds is 6. The molecule has 0 bridgehead atoms. The summed E-state index contributed by atoms with van der Waals surface area (Å²) in [6.07, 6.45) is 1.01. The van der Waals surface area contributed by atoms with E-state index in [0.29, 0.717) is 11.6 Å². The van der Waals surface area contributed by atoms with E-state index in [-0.39, 0.29) is 5.91 Å². The van der Waals surface area contributed by atoms with Gasteiger partial charge in [0.05, 0.1) is 10.6 Å². The first kappa shape index (κ1) is 19.2. The number of hydrogen-bond donors (Lipinski definition) is 1. The largest absolute Gasteiger partial charge is 0.320 e. The van der Waals surface area contributed by atoms with Crippen LogP contribution in [0.3, 0.4) is 0 Å². The van der Waals surface area contributed by atoms with E-state index in [1.807, 2.05) is 72.1 Å². The van der Waals surface area contributed by atoms with Crippen LogP contribution in [0.25, 0.3) is 16.3 Å². The molecule has 2 aromatic carbocycles. The van der Waals surface area contributed by atoms with Crippen molar-refractivity contribution in [2.45, 2.75) is 26.2 Å². The Labute approximate surface area is 174 Å². The van der Waals surface area contributed by atoms with Crippen molar-refractivity contribution in [1.29, 1.82) is 0 Å². The standard InChI is InChI=1S/C24H23N3OS/c1-3-17(2)19-12-7-8-13-20(19)25-24(28)22-16-21(23-14-9-15-29-23)26-27(22)18-10-5-4-6-11-18/h4-17H,3H2,1-2H3,(H,25,28)/t17-/m1/s1. The van der Waals surface area contributed by atoms with Crippen molar-refractivity contribution in [2.24, 2.45) is 0 Å². The SMILES string of the molecule is CC[C@@H](C)c1ccccc1NC(=O)c1cc(-c2cccs2)nn1-c1ccccc1. The molecule has 0 saturated heterocycles. The maximum Gasteiger partial charge on any atom is 0.274 e. The average molecular weight is 402 g/mol. The molecule has 0 aliphatic rings. The van der Waals surface area contributed by atoms with Gasteiger partial charge in [0.2, 0.25) is 0 Å². The number of anilines is 1. The summed E-state index contributed by atoms with van der Waals surface area (Å²) in [6, 6.07) is 23.6. The molecule has 0 fully saturated rings. The Balaban J connectivity index is 1.74. The molecule has 0 unspecified atom stereocenters. The number of amides is 1. The zero-order valence-corrected chi connectivity index (χ0v) is 17.3. The molecule has 4 rings (SSSR count). The molecule has 29 heavy (non-hydrogen) atoms. The lowest BCUT2D eigenvalue weighted by molar-refractivity contribution is 0.101. The van der Waals surface area contributed by atoms with Gasteiger partial charge in [0.1, 0.15) is 11.4 Å². The Morgan fingerprint density at radius 3 is 2.55 bits per heavy atom. The van der Waals surface area contributed by atoms with Crippen molar-refractivity contribution in [3.63, 3.8) is 0 Å². The number of carbonyl (C=O) groups is 1. The maximum atomic E-state index is 13.3. The average Bonchev–Trinajstić information content (AvgIpc) is 3.44. The minimum atomic E-state index is -0.167. The van der Waals surface area contributed by atoms with Crippen molar-refractivity contribution in [3.8, 4) is 16.3 Å². The third kappa shape index (κ3) is 4.00. The van der Waals surface area contributed by atoms with Gasteiger partial charge in [-0.3, -0.25) is 4.79 Å². The Kier molecular flexibility index (Phi) is 5.58. The number of thiophene rings is 1. The van der Waals surface area contributed by atoms with Crippen LogP contribution in [0.5, 0.6) is 0 Å². The molecular formula is C24H23N3OS. The highest BCUT2D eigenvalue weighted by Gasteiger charge is 2.19. The molecule has 1 amide bonds. The minimum Gasteiger partial charge on any atom is -0.320 e. The summed E-state index contributed by atoms with van der Waals surface area (Å²) in [5.41, 5.74) is 4.16. The number of benzene rings is 2. The van der Waals surface area contributed by atoms with Gasteiger partial charge in [-0.05, 0) is 53.6 Å². The summed E-state index contributed by atoms with van der Waals surface area (Å²) in [5.74, 6) is 0.201. The fourth-order valence-corrected chi connectivity index (χ4v) is 3.98. The van der Waals surface area contributed by atoms with Crippen LogP contribution in [0.15, 0.2) is 78.2 Å². The van der Waals surface area contributed by atoms with Crippen molar-refractivity contribution in [3.05, 3.63) is 89.4 Å². The molecule has 4 nitrogen and oxygen atoms in total. The van der Waals surface area contributed by atoms with Crippen LogP contribution in [0.2, 0.25) is 0 Å². The van der Waals surface area contributed by atoms with E-state index in [1.165, 1.54) is 0 Å². The van der Waals surface area contributed by atoms with Gasteiger partial charge in [-0.1, -0.05) is 56.3 Å². The topological polar surface area (TPSA) is 46.9 Å². The van der Waals surface area contributed by atoms with E-state index in [9.17, 15) is 4.79 Å². The number of nitrogens with one attached hydrogen (secondary N) is 1. The second-order valence-corrected chi connectivity index (χ2v) is 7.94. The molecule has 0 aliphatic heterocycles. The third-order valence-electron chi connectivity index (χ3n) is 5.07. The van der Waals surface area contributed by atoms with Crippen LogP contribution in [-0.4, -0.2) is 15.7 Å². The number of para-hydroxylation sites is 2. The monoisotopic (exact) mass is 401 g/mol. The van der Waals surface area contributed by atoms with Crippen LogP contribution in [0, 0.1) is 0 Å². The van der Waals surface area contributed by atoms with Crippen LogP contribution in [-0.2, 0) is 0 Å². The van der Waals surface area contributed by atoms with Gasteiger partial charge in [-0.25, -0.2) is 4.68 Å². The first-order valence-electron chi connectivity index (χ1n) is 9.77. The molecule has 0 saturated carbocycles. The molecule has 1 N–H and O–H groups in total. The Bertz CT molecular complexity index is 1100. The van der Waals surface area contributed by atoms with Crippen molar-refractivity contribution < 1.29 is 4.79 Å². The van der Waals surface area contributed by atoms with E-state index in [4.69, 9.17) is 5.10 Å². The lowest BCUT2D eigenvalue weighted by Gasteiger charge is -2.16. The molecule has 5 heteroatoms. The second-order valence-electron chi connectivity index (χ2n) is 6.99. The van der Waals surface area contributed by atoms with Gasteiger partial charge < -0.3 is 5.32 Å². The van der Waals surface area contributed by atoms with Gasteiger partial charge >= 0.3 is 0 Å². The summed E-state index contributed by atoms with van der Waals surface area (Å²) in [6.45, 7) is 4.33. The highest BCUT2D eigenvalue weighted by molar-refractivity contribution is 7.13. The molecule has 0 radical (unpaired) electrons. The van der Waals surface area contributed by atoms with Crippen LogP contribution in [0.1, 0.15) is 42.2 Å². The zero-order chi connectivity index (χ0) is 20.2.